The molecule has 1 aromatic heterocycles. The Morgan fingerprint density at radius 3 is 2.65 bits per heavy atom. The van der Waals surface area contributed by atoms with Crippen molar-refractivity contribution in [2.45, 2.75) is 37.1 Å². The Hall–Kier alpha value is -2.64. The standard InChI is InChI=1S/C23H27ClN4O3/c1-31-21(29)16-5-6-20(26-14-16)28-12-11-27(22(28)30)19-7-9-23(15-25,10-8-19)17-3-2-4-18(24)13-17/h2-6,13-14,19H,7-12,15,25H2,1H3/t19-,23-. The second kappa shape index (κ2) is 8.85. The number of hydrogen-bond acceptors (Lipinski definition) is 5. The fourth-order valence-electron chi connectivity index (χ4n) is 4.79. The molecule has 2 N–H and O–H groups in total. The number of urea groups is 1. The van der Waals surface area contributed by atoms with Crippen molar-refractivity contribution in [1.82, 2.24) is 9.88 Å². The van der Waals surface area contributed by atoms with Gasteiger partial charge in [-0.1, -0.05) is 23.7 Å². The molecule has 4 rings (SSSR count). The number of carbonyl (C=O) groups excluding carboxylic acids is 2. The maximum atomic E-state index is 13.1. The van der Waals surface area contributed by atoms with E-state index >= 15 is 0 Å². The number of hydrogen-bond donors (Lipinski definition) is 1. The van der Waals surface area contributed by atoms with Crippen molar-refractivity contribution in [3.8, 4) is 0 Å². The number of nitrogens with zero attached hydrogens (tertiary/aromatic N) is 3. The molecule has 2 aliphatic rings. The number of nitrogens with two attached hydrogens (primary N) is 1. The first kappa shape index (κ1) is 21.6. The summed E-state index contributed by atoms with van der Waals surface area (Å²) in [5, 5.41) is 0.725. The van der Waals surface area contributed by atoms with Gasteiger partial charge in [0.2, 0.25) is 0 Å². The Bertz CT molecular complexity index is 958. The molecule has 1 saturated heterocycles. The number of halogens is 1. The predicted octanol–water partition coefficient (Wildman–Crippen LogP) is 3.60. The second-order valence-electron chi connectivity index (χ2n) is 8.25. The maximum absolute atomic E-state index is 13.1. The first-order valence-electron chi connectivity index (χ1n) is 10.6. The highest BCUT2D eigenvalue weighted by molar-refractivity contribution is 6.30. The lowest BCUT2D eigenvalue weighted by atomic mass is 9.68. The van der Waals surface area contributed by atoms with Crippen molar-refractivity contribution in [1.29, 1.82) is 0 Å². The molecule has 164 valence electrons. The van der Waals surface area contributed by atoms with Crippen molar-refractivity contribution in [2.24, 2.45) is 5.73 Å². The Morgan fingerprint density at radius 1 is 1.26 bits per heavy atom. The van der Waals surface area contributed by atoms with Gasteiger partial charge in [0.15, 0.2) is 0 Å². The molecule has 2 heterocycles. The SMILES string of the molecule is COC(=O)c1ccc(N2CCN([C@H]3CC[C@](CN)(c4cccc(Cl)c4)CC3)C2=O)nc1. The summed E-state index contributed by atoms with van der Waals surface area (Å²) in [5.41, 5.74) is 7.67. The van der Waals surface area contributed by atoms with Gasteiger partial charge in [0.1, 0.15) is 5.82 Å². The largest absolute Gasteiger partial charge is 0.465 e. The van der Waals surface area contributed by atoms with Gasteiger partial charge in [0, 0.05) is 42.3 Å². The number of amides is 2. The number of carbonyl (C=O) groups is 2. The summed E-state index contributed by atoms with van der Waals surface area (Å²) in [5.74, 6) is 0.102. The zero-order valence-corrected chi connectivity index (χ0v) is 18.3. The van der Waals surface area contributed by atoms with Gasteiger partial charge >= 0.3 is 12.0 Å². The third-order valence-corrected chi connectivity index (χ3v) is 6.90. The van der Waals surface area contributed by atoms with Gasteiger partial charge in [-0.2, -0.15) is 0 Å². The van der Waals surface area contributed by atoms with Crippen LogP contribution in [0.25, 0.3) is 0 Å². The lowest BCUT2D eigenvalue weighted by molar-refractivity contribution is 0.0600. The Labute approximate surface area is 187 Å². The van der Waals surface area contributed by atoms with Gasteiger partial charge in [0.25, 0.3) is 0 Å². The molecule has 0 radical (unpaired) electrons. The number of methoxy groups -OCH3 is 1. The van der Waals surface area contributed by atoms with Crippen LogP contribution in [0.4, 0.5) is 10.6 Å². The summed E-state index contributed by atoms with van der Waals surface area (Å²) in [6, 6.07) is 11.4. The fraction of sp³-hybridized carbons (Fsp3) is 0.435. The van der Waals surface area contributed by atoms with E-state index in [1.54, 1.807) is 17.0 Å². The first-order chi connectivity index (χ1) is 15.0. The number of benzene rings is 1. The molecule has 0 unspecified atom stereocenters. The monoisotopic (exact) mass is 442 g/mol. The van der Waals surface area contributed by atoms with Gasteiger partial charge in [-0.3, -0.25) is 4.90 Å². The lowest BCUT2D eigenvalue weighted by Crippen LogP contribution is -2.47. The highest BCUT2D eigenvalue weighted by Gasteiger charge is 2.41. The van der Waals surface area contributed by atoms with Crippen molar-refractivity contribution < 1.29 is 14.3 Å². The molecule has 0 spiro atoms. The number of anilines is 1. The molecule has 7 nitrogen and oxygen atoms in total. The summed E-state index contributed by atoms with van der Waals surface area (Å²) in [6.07, 6.45) is 5.09. The van der Waals surface area contributed by atoms with Crippen LogP contribution in [0.15, 0.2) is 42.6 Å². The molecule has 1 aliphatic heterocycles. The normalized spacial score (nSPS) is 23.8. The molecule has 0 bridgehead atoms. The quantitative estimate of drug-likeness (QED) is 0.714. The van der Waals surface area contributed by atoms with Crippen molar-refractivity contribution in [2.75, 3.05) is 31.6 Å². The van der Waals surface area contributed by atoms with E-state index in [2.05, 4.69) is 11.1 Å². The van der Waals surface area contributed by atoms with Crippen LogP contribution >= 0.6 is 11.6 Å². The van der Waals surface area contributed by atoms with Crippen LogP contribution < -0.4 is 10.6 Å². The highest BCUT2D eigenvalue weighted by Crippen LogP contribution is 2.41. The number of esters is 1. The average molecular weight is 443 g/mol. The minimum Gasteiger partial charge on any atom is -0.465 e. The Balaban J connectivity index is 1.43. The van der Waals surface area contributed by atoms with Crippen molar-refractivity contribution >= 4 is 29.4 Å². The smallest absolute Gasteiger partial charge is 0.339 e. The first-order valence-corrected chi connectivity index (χ1v) is 10.9. The van der Waals surface area contributed by atoms with Crippen LogP contribution in [-0.2, 0) is 10.2 Å². The van der Waals surface area contributed by atoms with Crippen LogP contribution in [0.3, 0.4) is 0 Å². The van der Waals surface area contributed by atoms with Crippen LogP contribution in [0, 0.1) is 0 Å². The summed E-state index contributed by atoms with van der Waals surface area (Å²) in [7, 11) is 1.33. The van der Waals surface area contributed by atoms with E-state index in [4.69, 9.17) is 22.1 Å². The van der Waals surface area contributed by atoms with Gasteiger partial charge in [-0.15, -0.1) is 0 Å². The zero-order valence-electron chi connectivity index (χ0n) is 17.6. The molecule has 31 heavy (non-hydrogen) atoms. The van der Waals surface area contributed by atoms with E-state index in [1.807, 2.05) is 23.1 Å². The fourth-order valence-corrected chi connectivity index (χ4v) is 4.98. The molecule has 8 heteroatoms. The summed E-state index contributed by atoms with van der Waals surface area (Å²) in [4.78, 5) is 32.6. The summed E-state index contributed by atoms with van der Waals surface area (Å²) in [6.45, 7) is 1.81. The third kappa shape index (κ3) is 4.12. The van der Waals surface area contributed by atoms with Crippen LogP contribution in [0.1, 0.15) is 41.6 Å². The molecule has 1 saturated carbocycles. The van der Waals surface area contributed by atoms with E-state index in [1.165, 1.54) is 18.9 Å². The van der Waals surface area contributed by atoms with E-state index in [-0.39, 0.29) is 17.5 Å². The average Bonchev–Trinajstić information content (AvgIpc) is 3.20. The summed E-state index contributed by atoms with van der Waals surface area (Å²) < 4.78 is 4.70. The molecule has 0 atom stereocenters. The second-order valence-corrected chi connectivity index (χ2v) is 8.69. The van der Waals surface area contributed by atoms with E-state index in [0.717, 1.165) is 30.7 Å². The predicted molar refractivity (Wildman–Crippen MR) is 119 cm³/mol. The third-order valence-electron chi connectivity index (χ3n) is 6.67. The molecular weight excluding hydrogens is 416 g/mol. The molecule has 2 fully saturated rings. The minimum absolute atomic E-state index is 0.0358. The van der Waals surface area contributed by atoms with Gasteiger partial charge in [0.05, 0.1) is 12.7 Å². The van der Waals surface area contributed by atoms with E-state index in [0.29, 0.717) is 31.0 Å². The Kier molecular flexibility index (Phi) is 6.16. The minimum atomic E-state index is -0.446. The summed E-state index contributed by atoms with van der Waals surface area (Å²) >= 11 is 6.21. The van der Waals surface area contributed by atoms with Gasteiger partial charge < -0.3 is 15.4 Å². The maximum Gasteiger partial charge on any atom is 0.339 e. The van der Waals surface area contributed by atoms with Crippen molar-refractivity contribution in [3.63, 3.8) is 0 Å². The number of pyridine rings is 1. The van der Waals surface area contributed by atoms with Crippen LogP contribution in [0.2, 0.25) is 5.02 Å². The number of ether oxygens (including phenoxy) is 1. The Morgan fingerprint density at radius 2 is 2.03 bits per heavy atom. The van der Waals surface area contributed by atoms with Crippen LogP contribution in [-0.4, -0.2) is 54.7 Å². The molecular formula is C23H27ClN4O3. The van der Waals surface area contributed by atoms with Gasteiger partial charge in [-0.05, 0) is 55.5 Å². The molecule has 2 aromatic rings. The van der Waals surface area contributed by atoms with E-state index in [9.17, 15) is 9.59 Å². The van der Waals surface area contributed by atoms with Crippen LogP contribution in [0.5, 0.6) is 0 Å². The number of aromatic nitrogens is 1. The lowest BCUT2D eigenvalue weighted by Gasteiger charge is -2.42. The number of rotatable bonds is 5. The topological polar surface area (TPSA) is 88.8 Å². The molecule has 1 aliphatic carbocycles. The van der Waals surface area contributed by atoms with E-state index < -0.39 is 5.97 Å². The molecule has 2 amide bonds. The highest BCUT2D eigenvalue weighted by atomic mass is 35.5. The zero-order chi connectivity index (χ0) is 22.0. The van der Waals surface area contributed by atoms with Gasteiger partial charge in [-0.25, -0.2) is 14.6 Å². The molecule has 1 aromatic carbocycles. The van der Waals surface area contributed by atoms with Crippen molar-refractivity contribution in [3.05, 3.63) is 58.7 Å².